The second-order valence-electron chi connectivity index (χ2n) is 3.53. The summed E-state index contributed by atoms with van der Waals surface area (Å²) in [6, 6.07) is 0. The molecule has 0 unspecified atom stereocenters. The van der Waals surface area contributed by atoms with E-state index in [1.54, 1.807) is 0 Å². The smallest absolute Gasteiger partial charge is 0.247 e. The summed E-state index contributed by atoms with van der Waals surface area (Å²) in [6.45, 7) is 2.75. The fourth-order valence-electron chi connectivity index (χ4n) is 1.08. The summed E-state index contributed by atoms with van der Waals surface area (Å²) >= 11 is 0. The van der Waals surface area contributed by atoms with Gasteiger partial charge in [0.2, 0.25) is 5.91 Å². The lowest BCUT2D eigenvalue weighted by molar-refractivity contribution is -0.114. The largest absolute Gasteiger partial charge is 0.500 e. The number of nitrogens with two attached hydrogens (primary N) is 1. The lowest BCUT2D eigenvalue weighted by atomic mass is 10.1. The maximum Gasteiger partial charge on any atom is 0.247 e. The molecule has 1 rings (SSSR count). The van der Waals surface area contributed by atoms with Crippen molar-refractivity contribution in [3.63, 3.8) is 0 Å². The summed E-state index contributed by atoms with van der Waals surface area (Å²) in [5, 5.41) is 0. The van der Waals surface area contributed by atoms with Gasteiger partial charge in [-0.3, -0.25) is 4.79 Å². The standard InChI is InChI=1S/C10H17NO2/c1-2-3-9(10(11)12)7-13-6-8-4-5-8/h7-8H,2-6H2,1H3,(H2,11,12). The van der Waals surface area contributed by atoms with E-state index >= 15 is 0 Å². The number of hydrogen-bond acceptors (Lipinski definition) is 2. The number of carbonyl (C=O) groups is 1. The van der Waals surface area contributed by atoms with Gasteiger partial charge in [0, 0.05) is 0 Å². The summed E-state index contributed by atoms with van der Waals surface area (Å²) in [5.74, 6) is 0.352. The van der Waals surface area contributed by atoms with Gasteiger partial charge in [0.15, 0.2) is 0 Å². The average molecular weight is 183 g/mol. The Bertz CT molecular complexity index is 207. The Labute approximate surface area is 78.9 Å². The minimum Gasteiger partial charge on any atom is -0.500 e. The van der Waals surface area contributed by atoms with Crippen LogP contribution in [0.4, 0.5) is 0 Å². The number of rotatable bonds is 6. The van der Waals surface area contributed by atoms with Crippen LogP contribution in [0.25, 0.3) is 0 Å². The summed E-state index contributed by atoms with van der Waals surface area (Å²) in [5.41, 5.74) is 5.77. The molecule has 0 saturated heterocycles. The van der Waals surface area contributed by atoms with Crippen molar-refractivity contribution in [3.05, 3.63) is 11.8 Å². The summed E-state index contributed by atoms with van der Waals surface area (Å²) in [6.07, 6.45) is 5.67. The van der Waals surface area contributed by atoms with E-state index < -0.39 is 0 Å². The fraction of sp³-hybridized carbons (Fsp3) is 0.700. The molecule has 1 saturated carbocycles. The van der Waals surface area contributed by atoms with Crippen molar-refractivity contribution < 1.29 is 9.53 Å². The third kappa shape index (κ3) is 3.97. The highest BCUT2D eigenvalue weighted by molar-refractivity contribution is 5.91. The van der Waals surface area contributed by atoms with E-state index in [0.717, 1.165) is 13.0 Å². The van der Waals surface area contributed by atoms with E-state index in [-0.39, 0.29) is 5.91 Å². The van der Waals surface area contributed by atoms with Crippen molar-refractivity contribution in [2.45, 2.75) is 32.6 Å². The Morgan fingerprint density at radius 1 is 1.62 bits per heavy atom. The van der Waals surface area contributed by atoms with Crippen molar-refractivity contribution in [2.24, 2.45) is 11.7 Å². The molecular formula is C10H17NO2. The van der Waals surface area contributed by atoms with Gasteiger partial charge in [-0.15, -0.1) is 0 Å². The van der Waals surface area contributed by atoms with Crippen LogP contribution in [-0.4, -0.2) is 12.5 Å². The zero-order valence-corrected chi connectivity index (χ0v) is 8.08. The van der Waals surface area contributed by atoms with E-state index in [1.807, 2.05) is 6.92 Å². The van der Waals surface area contributed by atoms with Crippen LogP contribution >= 0.6 is 0 Å². The maximum absolute atomic E-state index is 10.9. The third-order valence-electron chi connectivity index (χ3n) is 2.09. The molecule has 0 radical (unpaired) electrons. The van der Waals surface area contributed by atoms with Gasteiger partial charge in [-0.25, -0.2) is 0 Å². The fourth-order valence-corrected chi connectivity index (χ4v) is 1.08. The van der Waals surface area contributed by atoms with Gasteiger partial charge in [0.1, 0.15) is 0 Å². The van der Waals surface area contributed by atoms with E-state index in [1.165, 1.54) is 19.1 Å². The zero-order valence-electron chi connectivity index (χ0n) is 8.08. The Kier molecular flexibility index (Phi) is 3.80. The van der Waals surface area contributed by atoms with Crippen molar-refractivity contribution in [1.82, 2.24) is 0 Å². The van der Waals surface area contributed by atoms with Gasteiger partial charge in [-0.2, -0.15) is 0 Å². The van der Waals surface area contributed by atoms with Gasteiger partial charge >= 0.3 is 0 Å². The van der Waals surface area contributed by atoms with Crippen LogP contribution in [0.3, 0.4) is 0 Å². The number of ether oxygens (including phenoxy) is 1. The molecule has 3 nitrogen and oxygen atoms in total. The number of amides is 1. The van der Waals surface area contributed by atoms with Crippen LogP contribution in [0, 0.1) is 5.92 Å². The van der Waals surface area contributed by atoms with Crippen molar-refractivity contribution in [2.75, 3.05) is 6.61 Å². The minimum absolute atomic E-state index is 0.363. The van der Waals surface area contributed by atoms with Gasteiger partial charge in [0.05, 0.1) is 18.4 Å². The minimum atomic E-state index is -0.363. The van der Waals surface area contributed by atoms with Crippen molar-refractivity contribution >= 4 is 5.91 Å². The molecule has 1 aliphatic rings. The molecule has 0 heterocycles. The first-order valence-electron chi connectivity index (χ1n) is 4.84. The molecule has 1 aliphatic carbocycles. The molecule has 3 heteroatoms. The molecule has 0 spiro atoms. The Morgan fingerprint density at radius 3 is 2.77 bits per heavy atom. The van der Waals surface area contributed by atoms with Gasteiger partial charge in [-0.05, 0) is 25.2 Å². The SMILES string of the molecule is CCCC(=COCC1CC1)C(N)=O. The zero-order chi connectivity index (χ0) is 9.68. The van der Waals surface area contributed by atoms with E-state index in [0.29, 0.717) is 17.9 Å². The number of primary amides is 1. The molecule has 13 heavy (non-hydrogen) atoms. The predicted molar refractivity (Wildman–Crippen MR) is 50.9 cm³/mol. The van der Waals surface area contributed by atoms with E-state index in [4.69, 9.17) is 10.5 Å². The van der Waals surface area contributed by atoms with Crippen LogP contribution in [0.1, 0.15) is 32.6 Å². The van der Waals surface area contributed by atoms with E-state index in [9.17, 15) is 4.79 Å². The quantitative estimate of drug-likeness (QED) is 0.502. The number of carbonyl (C=O) groups excluding carboxylic acids is 1. The van der Waals surface area contributed by atoms with Crippen LogP contribution in [0.2, 0.25) is 0 Å². The monoisotopic (exact) mass is 183 g/mol. The normalized spacial score (nSPS) is 17.2. The Hall–Kier alpha value is -0.990. The highest BCUT2D eigenvalue weighted by atomic mass is 16.5. The average Bonchev–Trinajstić information content (AvgIpc) is 2.86. The summed E-state index contributed by atoms with van der Waals surface area (Å²) in [7, 11) is 0. The molecule has 0 aromatic carbocycles. The highest BCUT2D eigenvalue weighted by Crippen LogP contribution is 2.28. The summed E-state index contributed by atoms with van der Waals surface area (Å²) < 4.78 is 5.27. The van der Waals surface area contributed by atoms with Crippen molar-refractivity contribution in [3.8, 4) is 0 Å². The lowest BCUT2D eigenvalue weighted by Gasteiger charge is -2.02. The Morgan fingerprint density at radius 2 is 2.31 bits per heavy atom. The highest BCUT2D eigenvalue weighted by Gasteiger charge is 2.21. The molecule has 74 valence electrons. The molecule has 0 aromatic heterocycles. The van der Waals surface area contributed by atoms with E-state index in [2.05, 4.69) is 0 Å². The molecule has 0 aromatic rings. The first kappa shape index (κ1) is 10.1. The lowest BCUT2D eigenvalue weighted by Crippen LogP contribution is -2.14. The second kappa shape index (κ2) is 4.90. The van der Waals surface area contributed by atoms with Crippen LogP contribution < -0.4 is 5.73 Å². The molecule has 1 fully saturated rings. The van der Waals surface area contributed by atoms with Crippen LogP contribution in [0.15, 0.2) is 11.8 Å². The van der Waals surface area contributed by atoms with Gasteiger partial charge in [-0.1, -0.05) is 13.3 Å². The van der Waals surface area contributed by atoms with Gasteiger partial charge < -0.3 is 10.5 Å². The van der Waals surface area contributed by atoms with Gasteiger partial charge in [0.25, 0.3) is 0 Å². The Balaban J connectivity index is 2.27. The maximum atomic E-state index is 10.9. The molecule has 1 amide bonds. The summed E-state index contributed by atoms with van der Waals surface area (Å²) in [4.78, 5) is 10.9. The topological polar surface area (TPSA) is 52.3 Å². The van der Waals surface area contributed by atoms with Crippen LogP contribution in [-0.2, 0) is 9.53 Å². The predicted octanol–water partition coefficient (Wildman–Crippen LogP) is 1.58. The molecule has 2 N–H and O–H groups in total. The first-order chi connectivity index (χ1) is 6.24. The molecular weight excluding hydrogens is 166 g/mol. The second-order valence-corrected chi connectivity index (χ2v) is 3.53. The first-order valence-corrected chi connectivity index (χ1v) is 4.84. The molecule has 0 aliphatic heterocycles. The molecule has 0 bridgehead atoms. The third-order valence-corrected chi connectivity index (χ3v) is 2.09. The number of hydrogen-bond donors (Lipinski definition) is 1. The molecule has 0 atom stereocenters. The van der Waals surface area contributed by atoms with Crippen molar-refractivity contribution in [1.29, 1.82) is 0 Å². The van der Waals surface area contributed by atoms with Crippen LogP contribution in [0.5, 0.6) is 0 Å².